The van der Waals surface area contributed by atoms with Crippen LogP contribution in [0.1, 0.15) is 29.7 Å². The predicted octanol–water partition coefficient (Wildman–Crippen LogP) is 5.69. The highest BCUT2D eigenvalue weighted by Gasteiger charge is 2.37. The van der Waals surface area contributed by atoms with E-state index in [0.29, 0.717) is 34.1 Å². The number of ether oxygens (including phenoxy) is 3. The molecule has 7 nitrogen and oxygen atoms in total. The zero-order valence-corrected chi connectivity index (χ0v) is 20.9. The number of nitrogens with zero attached hydrogens (tertiary/aromatic N) is 1. The molecule has 0 aromatic heterocycles. The lowest BCUT2D eigenvalue weighted by atomic mass is 9.94. The van der Waals surface area contributed by atoms with Gasteiger partial charge in [0.05, 0.1) is 23.9 Å². The van der Waals surface area contributed by atoms with Crippen molar-refractivity contribution in [1.29, 1.82) is 0 Å². The van der Waals surface area contributed by atoms with Crippen LogP contribution in [0.3, 0.4) is 0 Å². The third-order valence-electron chi connectivity index (χ3n) is 6.10. The van der Waals surface area contributed by atoms with Crippen LogP contribution < -0.4 is 14.8 Å². The number of para-hydroxylation sites is 1. The second-order valence-electron chi connectivity index (χ2n) is 8.54. The Morgan fingerprint density at radius 3 is 2.39 bits per heavy atom. The summed E-state index contributed by atoms with van der Waals surface area (Å²) < 4.78 is 17.4. The lowest BCUT2D eigenvalue weighted by Gasteiger charge is -2.34. The molecule has 36 heavy (non-hydrogen) atoms. The molecule has 0 unspecified atom stereocenters. The van der Waals surface area contributed by atoms with Crippen LogP contribution in [0, 0.1) is 13.8 Å². The van der Waals surface area contributed by atoms with Crippen molar-refractivity contribution in [1.82, 2.24) is 10.2 Å². The first kappa shape index (κ1) is 24.9. The van der Waals surface area contributed by atoms with E-state index in [2.05, 4.69) is 5.32 Å². The highest BCUT2D eigenvalue weighted by molar-refractivity contribution is 5.95. The zero-order chi connectivity index (χ0) is 25.7. The van der Waals surface area contributed by atoms with Gasteiger partial charge in [0.25, 0.3) is 0 Å². The summed E-state index contributed by atoms with van der Waals surface area (Å²) in [4.78, 5) is 27.5. The van der Waals surface area contributed by atoms with Crippen molar-refractivity contribution < 1.29 is 23.8 Å². The van der Waals surface area contributed by atoms with Gasteiger partial charge in [0.15, 0.2) is 0 Å². The minimum atomic E-state index is -0.731. The molecule has 0 radical (unpaired) electrons. The highest BCUT2D eigenvalue weighted by Crippen LogP contribution is 2.34. The maximum absolute atomic E-state index is 13.2. The Hall–Kier alpha value is -4.26. The Morgan fingerprint density at radius 2 is 1.67 bits per heavy atom. The first-order chi connectivity index (χ1) is 17.4. The molecule has 3 aromatic carbocycles. The first-order valence-electron chi connectivity index (χ1n) is 11.8. The standard InChI is InChI=1S/C29H30N2O5/c1-5-34-28(32)26-25(18-35-23-15-14-19(2)20(3)16-23)31(4)29(33)30-27(26)21-10-9-13-24(17-21)36-22-11-7-6-8-12-22/h6-17,27H,5,18H2,1-4H3,(H,30,33)/t27-/m0/s1. The summed E-state index contributed by atoms with van der Waals surface area (Å²) in [6, 6.07) is 21.4. The van der Waals surface area contributed by atoms with Gasteiger partial charge in [0.1, 0.15) is 23.9 Å². The number of benzene rings is 3. The number of rotatable bonds is 8. The van der Waals surface area contributed by atoms with Gasteiger partial charge in [-0.2, -0.15) is 0 Å². The van der Waals surface area contributed by atoms with E-state index in [1.165, 1.54) is 4.90 Å². The van der Waals surface area contributed by atoms with Crippen molar-refractivity contribution in [3.8, 4) is 17.2 Å². The van der Waals surface area contributed by atoms with Crippen LogP contribution in [-0.4, -0.2) is 37.2 Å². The fourth-order valence-corrected chi connectivity index (χ4v) is 3.97. The average molecular weight is 487 g/mol. The molecule has 0 spiro atoms. The smallest absolute Gasteiger partial charge is 0.338 e. The monoisotopic (exact) mass is 486 g/mol. The number of nitrogens with one attached hydrogen (secondary N) is 1. The van der Waals surface area contributed by atoms with Crippen LogP contribution in [0.5, 0.6) is 17.2 Å². The molecule has 1 N–H and O–H groups in total. The molecule has 0 bridgehead atoms. The number of amides is 2. The molecule has 0 aliphatic carbocycles. The van der Waals surface area contributed by atoms with Gasteiger partial charge in [-0.1, -0.05) is 36.4 Å². The molecule has 7 heteroatoms. The Morgan fingerprint density at radius 1 is 0.917 bits per heavy atom. The van der Waals surface area contributed by atoms with Crippen molar-refractivity contribution in [3.05, 3.63) is 101 Å². The fourth-order valence-electron chi connectivity index (χ4n) is 3.97. The summed E-state index contributed by atoms with van der Waals surface area (Å²) in [5, 5.41) is 2.92. The molecule has 0 saturated carbocycles. The quantitative estimate of drug-likeness (QED) is 0.414. The topological polar surface area (TPSA) is 77.1 Å². The van der Waals surface area contributed by atoms with Crippen LogP contribution in [0.4, 0.5) is 4.79 Å². The maximum atomic E-state index is 13.2. The SMILES string of the molecule is CCOC(=O)C1=C(COc2ccc(C)c(C)c2)N(C)C(=O)N[C@H]1c1cccc(Oc2ccccc2)c1. The fraction of sp³-hybridized carbons (Fsp3) is 0.241. The van der Waals surface area contributed by atoms with Gasteiger partial charge in [-0.25, -0.2) is 9.59 Å². The molecule has 1 aliphatic heterocycles. The normalized spacial score (nSPS) is 15.4. The third-order valence-corrected chi connectivity index (χ3v) is 6.10. The third kappa shape index (κ3) is 5.51. The molecule has 3 aromatic rings. The van der Waals surface area contributed by atoms with E-state index in [1.54, 1.807) is 14.0 Å². The molecule has 1 heterocycles. The van der Waals surface area contributed by atoms with Gasteiger partial charge in [-0.05, 0) is 73.9 Å². The summed E-state index contributed by atoms with van der Waals surface area (Å²) in [5.41, 5.74) is 3.70. The molecule has 2 amide bonds. The van der Waals surface area contributed by atoms with Gasteiger partial charge < -0.3 is 19.5 Å². The average Bonchev–Trinajstić information content (AvgIpc) is 2.87. The van der Waals surface area contributed by atoms with Gasteiger partial charge in [0.2, 0.25) is 0 Å². The van der Waals surface area contributed by atoms with Crippen LogP contribution in [-0.2, 0) is 9.53 Å². The van der Waals surface area contributed by atoms with E-state index in [1.807, 2.05) is 86.6 Å². The lowest BCUT2D eigenvalue weighted by molar-refractivity contribution is -0.139. The van der Waals surface area contributed by atoms with E-state index >= 15 is 0 Å². The minimum absolute atomic E-state index is 0.0251. The Bertz CT molecular complexity index is 1290. The number of esters is 1. The summed E-state index contributed by atoms with van der Waals surface area (Å²) in [7, 11) is 1.61. The molecular weight excluding hydrogens is 456 g/mol. The number of likely N-dealkylation sites (N-methyl/N-ethyl adjacent to an activating group) is 1. The van der Waals surface area contributed by atoms with Gasteiger partial charge >= 0.3 is 12.0 Å². The maximum Gasteiger partial charge on any atom is 0.338 e. The molecule has 1 atom stereocenters. The molecule has 1 aliphatic rings. The molecule has 0 saturated heterocycles. The van der Waals surface area contributed by atoms with E-state index < -0.39 is 12.0 Å². The number of aryl methyl sites for hydroxylation is 2. The van der Waals surface area contributed by atoms with Crippen LogP contribution in [0.25, 0.3) is 0 Å². The van der Waals surface area contributed by atoms with E-state index in [0.717, 1.165) is 11.1 Å². The highest BCUT2D eigenvalue weighted by atomic mass is 16.5. The van der Waals surface area contributed by atoms with Crippen LogP contribution >= 0.6 is 0 Å². The Kier molecular flexibility index (Phi) is 7.59. The second kappa shape index (κ2) is 11.0. The first-order valence-corrected chi connectivity index (χ1v) is 11.8. The van der Waals surface area contributed by atoms with E-state index in [4.69, 9.17) is 14.2 Å². The van der Waals surface area contributed by atoms with Crippen molar-refractivity contribution >= 4 is 12.0 Å². The van der Waals surface area contributed by atoms with Gasteiger partial charge in [-0.15, -0.1) is 0 Å². The van der Waals surface area contributed by atoms with Crippen LogP contribution in [0.15, 0.2) is 84.1 Å². The molecular formula is C29H30N2O5. The Labute approximate surface area is 211 Å². The zero-order valence-electron chi connectivity index (χ0n) is 20.9. The number of carbonyl (C=O) groups excluding carboxylic acids is 2. The molecule has 4 rings (SSSR count). The van der Waals surface area contributed by atoms with Crippen molar-refractivity contribution in [2.75, 3.05) is 20.3 Å². The van der Waals surface area contributed by atoms with Gasteiger partial charge in [-0.3, -0.25) is 4.90 Å². The van der Waals surface area contributed by atoms with Gasteiger partial charge in [0, 0.05) is 7.05 Å². The minimum Gasteiger partial charge on any atom is -0.487 e. The second-order valence-corrected chi connectivity index (χ2v) is 8.54. The number of carbonyl (C=O) groups is 2. The number of urea groups is 1. The van der Waals surface area contributed by atoms with Crippen molar-refractivity contribution in [3.63, 3.8) is 0 Å². The van der Waals surface area contributed by atoms with Crippen molar-refractivity contribution in [2.24, 2.45) is 0 Å². The largest absolute Gasteiger partial charge is 0.487 e. The summed E-state index contributed by atoms with van der Waals surface area (Å²) in [5.74, 6) is 1.42. The molecule has 0 fully saturated rings. The lowest BCUT2D eigenvalue weighted by Crippen LogP contribution is -2.48. The Balaban J connectivity index is 1.70. The number of hydrogen-bond acceptors (Lipinski definition) is 5. The van der Waals surface area contributed by atoms with E-state index in [9.17, 15) is 9.59 Å². The molecule has 186 valence electrons. The predicted molar refractivity (Wildman–Crippen MR) is 137 cm³/mol. The summed E-state index contributed by atoms with van der Waals surface area (Å²) in [6.45, 7) is 6.01. The van der Waals surface area contributed by atoms with E-state index in [-0.39, 0.29) is 19.2 Å². The number of hydrogen-bond donors (Lipinski definition) is 1. The summed E-state index contributed by atoms with van der Waals surface area (Å²) >= 11 is 0. The van der Waals surface area contributed by atoms with Crippen LogP contribution in [0.2, 0.25) is 0 Å². The summed E-state index contributed by atoms with van der Waals surface area (Å²) in [6.07, 6.45) is 0. The van der Waals surface area contributed by atoms with Crippen molar-refractivity contribution in [2.45, 2.75) is 26.8 Å².